The summed E-state index contributed by atoms with van der Waals surface area (Å²) in [5.41, 5.74) is 1.80. The summed E-state index contributed by atoms with van der Waals surface area (Å²) in [6.07, 6.45) is 0. The van der Waals surface area contributed by atoms with Gasteiger partial charge in [0.2, 0.25) is 11.9 Å². The summed E-state index contributed by atoms with van der Waals surface area (Å²) in [6.45, 7) is 1.65. The predicted octanol–water partition coefficient (Wildman–Crippen LogP) is 3.17. The number of benzene rings is 2. The number of amides is 1. The molecule has 0 radical (unpaired) electrons. The summed E-state index contributed by atoms with van der Waals surface area (Å²) in [7, 11) is 1.60. The van der Waals surface area contributed by atoms with Crippen molar-refractivity contribution in [2.24, 2.45) is 0 Å². The number of hydrogen-bond donors (Lipinski definition) is 1. The second-order valence-corrected chi connectivity index (χ2v) is 6.93. The fraction of sp³-hybridized carbons (Fsp3) is 0.211. The van der Waals surface area contributed by atoms with Crippen molar-refractivity contribution in [3.8, 4) is 5.75 Å². The fourth-order valence-corrected chi connectivity index (χ4v) is 3.72. The Hall–Kier alpha value is -3.00. The van der Waals surface area contributed by atoms with Crippen molar-refractivity contribution in [1.29, 1.82) is 0 Å². The number of methoxy groups -OCH3 is 1. The van der Waals surface area contributed by atoms with Crippen LogP contribution in [0.3, 0.4) is 0 Å². The number of ether oxygens (including phenoxy) is 1. The maximum absolute atomic E-state index is 12.3. The second-order valence-electron chi connectivity index (χ2n) is 5.99. The van der Waals surface area contributed by atoms with E-state index in [1.807, 2.05) is 36.4 Å². The number of aromatic nitrogens is 3. The number of hydrogen-bond acceptors (Lipinski definition) is 6. The molecule has 0 saturated carbocycles. The smallest absolute Gasteiger partial charge is 0.234 e. The van der Waals surface area contributed by atoms with Gasteiger partial charge in [-0.05, 0) is 24.3 Å². The van der Waals surface area contributed by atoms with E-state index >= 15 is 0 Å². The van der Waals surface area contributed by atoms with Gasteiger partial charge in [0.1, 0.15) is 5.75 Å². The maximum Gasteiger partial charge on any atom is 0.234 e. The van der Waals surface area contributed by atoms with Crippen molar-refractivity contribution < 1.29 is 9.53 Å². The van der Waals surface area contributed by atoms with E-state index in [2.05, 4.69) is 37.1 Å². The number of fused-ring (bicyclic) bond motifs is 1. The summed E-state index contributed by atoms with van der Waals surface area (Å²) in [5.74, 6) is 1.69. The van der Waals surface area contributed by atoms with Crippen LogP contribution >= 0.6 is 11.8 Å². The van der Waals surface area contributed by atoms with Crippen molar-refractivity contribution in [3.05, 3.63) is 54.6 Å². The number of para-hydroxylation sites is 1. The predicted molar refractivity (Wildman–Crippen MR) is 106 cm³/mol. The minimum absolute atomic E-state index is 0.0940. The molecule has 1 N–H and O–H groups in total. The Balaban J connectivity index is 1.39. The van der Waals surface area contributed by atoms with Crippen molar-refractivity contribution in [2.45, 2.75) is 11.7 Å². The van der Waals surface area contributed by atoms with Gasteiger partial charge >= 0.3 is 0 Å². The van der Waals surface area contributed by atoms with Gasteiger partial charge in [0.25, 0.3) is 0 Å². The number of anilines is 3. The highest BCUT2D eigenvalue weighted by Gasteiger charge is 2.26. The average molecular weight is 381 g/mol. The van der Waals surface area contributed by atoms with Crippen LogP contribution in [0.2, 0.25) is 0 Å². The van der Waals surface area contributed by atoms with Gasteiger partial charge in [-0.15, -0.1) is 10.2 Å². The first kappa shape index (κ1) is 17.4. The number of carbonyl (C=O) groups is 1. The molecule has 0 spiro atoms. The SMILES string of the molecule is COc1cccc(NC(=O)CSc2nnc3n2CCN3c2ccccc2)c1. The van der Waals surface area contributed by atoms with E-state index < -0.39 is 0 Å². The Labute approximate surface area is 161 Å². The zero-order valence-corrected chi connectivity index (χ0v) is 15.6. The molecule has 1 amide bonds. The quantitative estimate of drug-likeness (QED) is 0.661. The first-order valence-corrected chi connectivity index (χ1v) is 9.55. The summed E-state index contributed by atoms with van der Waals surface area (Å²) < 4.78 is 7.22. The number of nitrogens with zero attached hydrogens (tertiary/aromatic N) is 4. The summed E-state index contributed by atoms with van der Waals surface area (Å²) >= 11 is 1.39. The highest BCUT2D eigenvalue weighted by molar-refractivity contribution is 7.99. The Morgan fingerprint density at radius 1 is 1.15 bits per heavy atom. The van der Waals surface area contributed by atoms with Crippen molar-refractivity contribution in [2.75, 3.05) is 29.6 Å². The molecule has 1 aromatic heterocycles. The number of rotatable bonds is 6. The molecule has 3 aromatic rings. The lowest BCUT2D eigenvalue weighted by Crippen LogP contribution is -2.14. The molecule has 4 rings (SSSR count). The van der Waals surface area contributed by atoms with Crippen molar-refractivity contribution in [1.82, 2.24) is 14.8 Å². The molecule has 27 heavy (non-hydrogen) atoms. The van der Waals surface area contributed by atoms with Crippen molar-refractivity contribution in [3.63, 3.8) is 0 Å². The molecule has 0 bridgehead atoms. The lowest BCUT2D eigenvalue weighted by atomic mass is 10.3. The van der Waals surface area contributed by atoms with E-state index in [1.165, 1.54) is 11.8 Å². The third kappa shape index (κ3) is 3.75. The zero-order valence-electron chi connectivity index (χ0n) is 14.8. The van der Waals surface area contributed by atoms with Crippen molar-refractivity contribution >= 4 is 35.0 Å². The van der Waals surface area contributed by atoms with Gasteiger partial charge in [0.05, 0.1) is 12.9 Å². The van der Waals surface area contributed by atoms with E-state index in [9.17, 15) is 4.79 Å². The molecule has 7 nitrogen and oxygen atoms in total. The van der Waals surface area contributed by atoms with Gasteiger partial charge in [0.15, 0.2) is 5.16 Å². The Kier molecular flexibility index (Phi) is 4.97. The van der Waals surface area contributed by atoms with Crippen LogP contribution in [-0.2, 0) is 11.3 Å². The van der Waals surface area contributed by atoms with Crippen LogP contribution in [-0.4, -0.2) is 40.1 Å². The van der Waals surface area contributed by atoms with E-state index in [-0.39, 0.29) is 11.7 Å². The van der Waals surface area contributed by atoms with Crippen LogP contribution in [0.5, 0.6) is 5.75 Å². The Morgan fingerprint density at radius 2 is 2.00 bits per heavy atom. The van der Waals surface area contributed by atoms with E-state index in [0.717, 1.165) is 29.9 Å². The van der Waals surface area contributed by atoms with Gasteiger partial charge in [-0.3, -0.25) is 9.36 Å². The summed E-state index contributed by atoms with van der Waals surface area (Å²) in [4.78, 5) is 14.4. The standard InChI is InChI=1S/C19H19N5O2S/c1-26-16-9-5-6-14(12-16)20-17(25)13-27-19-22-21-18-23(10-11-24(18)19)15-7-3-2-4-8-15/h2-9,12H,10-11,13H2,1H3,(H,20,25). The molecule has 2 heterocycles. The first-order chi connectivity index (χ1) is 13.2. The van der Waals surface area contributed by atoms with Gasteiger partial charge < -0.3 is 15.0 Å². The van der Waals surface area contributed by atoms with Gasteiger partial charge in [0, 0.05) is 30.5 Å². The molecule has 138 valence electrons. The molecule has 0 atom stereocenters. The highest BCUT2D eigenvalue weighted by Crippen LogP contribution is 2.31. The fourth-order valence-electron chi connectivity index (χ4n) is 2.96. The third-order valence-electron chi connectivity index (χ3n) is 4.24. The zero-order chi connectivity index (χ0) is 18.6. The number of carbonyl (C=O) groups excluding carboxylic acids is 1. The normalized spacial score (nSPS) is 12.7. The molecular weight excluding hydrogens is 362 g/mol. The average Bonchev–Trinajstić information content (AvgIpc) is 3.29. The molecule has 0 aliphatic carbocycles. The number of nitrogens with one attached hydrogen (secondary N) is 1. The minimum Gasteiger partial charge on any atom is -0.497 e. The topological polar surface area (TPSA) is 72.3 Å². The molecule has 1 aliphatic heterocycles. The van der Waals surface area contributed by atoms with E-state index in [4.69, 9.17) is 4.74 Å². The van der Waals surface area contributed by atoms with Crippen LogP contribution in [0, 0.1) is 0 Å². The van der Waals surface area contributed by atoms with Crippen LogP contribution in [0.4, 0.5) is 17.3 Å². The highest BCUT2D eigenvalue weighted by atomic mass is 32.2. The largest absolute Gasteiger partial charge is 0.497 e. The molecule has 2 aromatic carbocycles. The van der Waals surface area contributed by atoms with Crippen LogP contribution in [0.15, 0.2) is 59.8 Å². The lowest BCUT2D eigenvalue weighted by Gasteiger charge is -2.14. The van der Waals surface area contributed by atoms with E-state index in [1.54, 1.807) is 13.2 Å². The third-order valence-corrected chi connectivity index (χ3v) is 5.21. The first-order valence-electron chi connectivity index (χ1n) is 8.57. The van der Waals surface area contributed by atoms with E-state index in [0.29, 0.717) is 11.4 Å². The van der Waals surface area contributed by atoms with Gasteiger partial charge in [-0.25, -0.2) is 0 Å². The Morgan fingerprint density at radius 3 is 2.81 bits per heavy atom. The molecule has 0 unspecified atom stereocenters. The summed E-state index contributed by atoms with van der Waals surface area (Å²) in [5, 5.41) is 12.2. The molecule has 0 fully saturated rings. The summed E-state index contributed by atoms with van der Waals surface area (Å²) in [6, 6.07) is 17.4. The van der Waals surface area contributed by atoms with Crippen LogP contribution in [0.1, 0.15) is 0 Å². The minimum atomic E-state index is -0.0940. The van der Waals surface area contributed by atoms with Gasteiger partial charge in [-0.1, -0.05) is 36.0 Å². The molecule has 8 heteroatoms. The molecular formula is C19H19N5O2S. The lowest BCUT2D eigenvalue weighted by molar-refractivity contribution is -0.113. The monoisotopic (exact) mass is 381 g/mol. The van der Waals surface area contributed by atoms with Gasteiger partial charge in [-0.2, -0.15) is 0 Å². The van der Waals surface area contributed by atoms with Crippen LogP contribution < -0.4 is 15.0 Å². The number of thioether (sulfide) groups is 1. The second kappa shape index (κ2) is 7.71. The Bertz CT molecular complexity index is 944. The molecule has 1 aliphatic rings. The van der Waals surface area contributed by atoms with Crippen LogP contribution in [0.25, 0.3) is 0 Å². The molecule has 0 saturated heterocycles. The maximum atomic E-state index is 12.3.